The van der Waals surface area contributed by atoms with Crippen molar-refractivity contribution < 1.29 is 18.8 Å². The van der Waals surface area contributed by atoms with Gasteiger partial charge >= 0.3 is 0 Å². The number of hydrogen-bond acceptors (Lipinski definition) is 4. The van der Waals surface area contributed by atoms with Crippen LogP contribution in [-0.4, -0.2) is 66.3 Å². The van der Waals surface area contributed by atoms with Crippen LogP contribution < -0.4 is 10.2 Å². The quantitative estimate of drug-likeness (QED) is 0.687. The predicted molar refractivity (Wildman–Crippen MR) is 128 cm³/mol. The molecule has 0 unspecified atom stereocenters. The van der Waals surface area contributed by atoms with Crippen LogP contribution in [0.15, 0.2) is 48.5 Å². The molecule has 35 heavy (non-hydrogen) atoms. The second-order valence-corrected chi connectivity index (χ2v) is 9.93. The molecule has 3 fully saturated rings. The number of rotatable bonds is 1. The molecule has 6 rings (SSSR count). The standard InChI is InChI=1S/C27H29FN4O3/c28-22-10-3-1-8-19(22)25(34)30-13-6-12-29-24(33)21-17-18-7-5-14-32(18)27(21)20-9-2-4-11-23(20)31(16-15-30)26(27)35/h1-4,8-11,18,21H,5-7,12-17H2,(H,29,33)/t18-,21+,27+/m0/s1. The first kappa shape index (κ1) is 22.2. The van der Waals surface area contributed by atoms with E-state index in [1.54, 1.807) is 21.9 Å². The zero-order valence-corrected chi connectivity index (χ0v) is 19.6. The molecular weight excluding hydrogens is 447 g/mol. The Morgan fingerprint density at radius 2 is 1.77 bits per heavy atom. The lowest BCUT2D eigenvalue weighted by Gasteiger charge is -2.38. The molecule has 1 N–H and O–H groups in total. The molecule has 2 aromatic rings. The molecule has 0 aromatic heterocycles. The predicted octanol–water partition coefficient (Wildman–Crippen LogP) is 2.51. The number of para-hydroxylation sites is 1. The molecule has 7 nitrogen and oxygen atoms in total. The minimum absolute atomic E-state index is 0.0176. The van der Waals surface area contributed by atoms with E-state index in [4.69, 9.17) is 0 Å². The zero-order chi connectivity index (χ0) is 24.2. The van der Waals surface area contributed by atoms with Crippen molar-refractivity contribution in [3.8, 4) is 0 Å². The van der Waals surface area contributed by atoms with Gasteiger partial charge in [-0.2, -0.15) is 0 Å². The van der Waals surface area contributed by atoms with Crippen LogP contribution in [0.3, 0.4) is 0 Å². The number of halogens is 1. The molecule has 3 saturated heterocycles. The summed E-state index contributed by atoms with van der Waals surface area (Å²) >= 11 is 0. The van der Waals surface area contributed by atoms with Crippen LogP contribution in [-0.2, 0) is 15.1 Å². The molecule has 0 radical (unpaired) electrons. The first-order chi connectivity index (χ1) is 17.0. The summed E-state index contributed by atoms with van der Waals surface area (Å²) in [4.78, 5) is 46.7. The third kappa shape index (κ3) is 3.22. The summed E-state index contributed by atoms with van der Waals surface area (Å²) in [5.74, 6) is -1.59. The van der Waals surface area contributed by atoms with Crippen LogP contribution in [0, 0.1) is 11.7 Å². The topological polar surface area (TPSA) is 73.0 Å². The van der Waals surface area contributed by atoms with E-state index in [9.17, 15) is 18.8 Å². The third-order valence-electron chi connectivity index (χ3n) is 8.22. The van der Waals surface area contributed by atoms with Crippen molar-refractivity contribution in [3.05, 3.63) is 65.5 Å². The number of carbonyl (C=O) groups is 3. The van der Waals surface area contributed by atoms with Gasteiger partial charge in [-0.05, 0) is 50.4 Å². The van der Waals surface area contributed by atoms with Crippen LogP contribution in [0.1, 0.15) is 41.6 Å². The number of hydrogen-bond donors (Lipinski definition) is 1. The summed E-state index contributed by atoms with van der Waals surface area (Å²) in [7, 11) is 0. The highest BCUT2D eigenvalue weighted by atomic mass is 19.1. The van der Waals surface area contributed by atoms with Gasteiger partial charge in [0.25, 0.3) is 11.8 Å². The maximum absolute atomic E-state index is 14.4. The van der Waals surface area contributed by atoms with E-state index >= 15 is 0 Å². The summed E-state index contributed by atoms with van der Waals surface area (Å²) in [6.07, 6.45) is 3.24. The molecule has 8 heteroatoms. The van der Waals surface area contributed by atoms with E-state index in [1.807, 2.05) is 24.3 Å². The summed E-state index contributed by atoms with van der Waals surface area (Å²) in [6, 6.07) is 13.9. The van der Waals surface area contributed by atoms with E-state index in [1.165, 1.54) is 12.1 Å². The first-order valence-electron chi connectivity index (χ1n) is 12.5. The summed E-state index contributed by atoms with van der Waals surface area (Å²) < 4.78 is 14.4. The highest BCUT2D eigenvalue weighted by Crippen LogP contribution is 2.57. The van der Waals surface area contributed by atoms with E-state index in [0.717, 1.165) is 30.6 Å². The summed E-state index contributed by atoms with van der Waals surface area (Å²) in [5.41, 5.74) is 0.715. The Hall–Kier alpha value is -3.26. The lowest BCUT2D eigenvalue weighted by Crippen LogP contribution is -2.57. The van der Waals surface area contributed by atoms with E-state index < -0.39 is 23.2 Å². The minimum Gasteiger partial charge on any atom is -0.356 e. The zero-order valence-electron chi connectivity index (χ0n) is 19.6. The average molecular weight is 477 g/mol. The van der Waals surface area contributed by atoms with Crippen molar-refractivity contribution in [3.63, 3.8) is 0 Å². The van der Waals surface area contributed by atoms with Gasteiger partial charge in [-0.15, -0.1) is 0 Å². The molecule has 4 heterocycles. The fourth-order valence-corrected chi connectivity index (χ4v) is 6.73. The van der Waals surface area contributed by atoms with Crippen molar-refractivity contribution in [2.75, 3.05) is 37.6 Å². The Balaban J connectivity index is 1.40. The number of benzene rings is 2. The van der Waals surface area contributed by atoms with Crippen molar-refractivity contribution >= 4 is 23.4 Å². The largest absolute Gasteiger partial charge is 0.356 e. The SMILES string of the molecule is O=C1NCCCN(C(=O)c2ccccc2F)CCN2C(=O)[C@@]3(c4ccccc42)[C@@H]1C[C@@H]1CCCN13. The van der Waals surface area contributed by atoms with E-state index in [2.05, 4.69) is 10.2 Å². The Morgan fingerprint density at radius 1 is 0.971 bits per heavy atom. The fourth-order valence-electron chi connectivity index (χ4n) is 6.73. The molecule has 3 atom stereocenters. The Morgan fingerprint density at radius 3 is 2.63 bits per heavy atom. The average Bonchev–Trinajstić information content (AvgIpc) is 3.51. The smallest absolute Gasteiger partial charge is 0.256 e. The number of nitrogens with one attached hydrogen (secondary N) is 1. The van der Waals surface area contributed by atoms with Crippen LogP contribution in [0.25, 0.3) is 0 Å². The molecule has 3 amide bonds. The van der Waals surface area contributed by atoms with E-state index in [-0.39, 0.29) is 30.0 Å². The lowest BCUT2D eigenvalue weighted by molar-refractivity contribution is -0.139. The molecular formula is C27H29FN4O3. The Bertz CT molecular complexity index is 1200. The Kier molecular flexibility index (Phi) is 5.36. The van der Waals surface area contributed by atoms with Gasteiger partial charge in [0.15, 0.2) is 0 Å². The summed E-state index contributed by atoms with van der Waals surface area (Å²) in [6.45, 7) is 2.13. The molecule has 2 bridgehead atoms. The third-order valence-corrected chi connectivity index (χ3v) is 8.22. The van der Waals surface area contributed by atoms with Gasteiger partial charge < -0.3 is 15.1 Å². The second-order valence-electron chi connectivity index (χ2n) is 9.93. The highest BCUT2D eigenvalue weighted by Gasteiger charge is 2.67. The molecule has 182 valence electrons. The fraction of sp³-hybridized carbons (Fsp3) is 0.444. The Labute approximate surface area is 203 Å². The van der Waals surface area contributed by atoms with Crippen LogP contribution in [0.5, 0.6) is 0 Å². The molecule has 2 aromatic carbocycles. The van der Waals surface area contributed by atoms with Crippen molar-refractivity contribution in [2.45, 2.75) is 37.3 Å². The highest BCUT2D eigenvalue weighted by molar-refractivity contribution is 6.11. The van der Waals surface area contributed by atoms with Crippen molar-refractivity contribution in [1.29, 1.82) is 0 Å². The van der Waals surface area contributed by atoms with Crippen LogP contribution in [0.2, 0.25) is 0 Å². The van der Waals surface area contributed by atoms with Gasteiger partial charge in [-0.25, -0.2) is 4.39 Å². The van der Waals surface area contributed by atoms with Gasteiger partial charge in [0.2, 0.25) is 5.91 Å². The second kappa shape index (κ2) is 8.45. The number of nitrogens with zero attached hydrogens (tertiary/aromatic N) is 3. The number of fused-ring (bicyclic) bond motifs is 4. The maximum Gasteiger partial charge on any atom is 0.256 e. The molecule has 0 aliphatic carbocycles. The number of carbonyl (C=O) groups excluding carboxylic acids is 3. The molecule has 1 spiro atoms. The lowest BCUT2D eigenvalue weighted by atomic mass is 9.78. The normalized spacial score (nSPS) is 28.6. The van der Waals surface area contributed by atoms with Gasteiger partial charge in [0.1, 0.15) is 11.4 Å². The van der Waals surface area contributed by atoms with E-state index in [0.29, 0.717) is 32.5 Å². The number of anilines is 1. The minimum atomic E-state index is -0.999. The van der Waals surface area contributed by atoms with Crippen LogP contribution >= 0.6 is 0 Å². The maximum atomic E-state index is 14.4. The first-order valence-corrected chi connectivity index (χ1v) is 12.5. The molecule has 0 saturated carbocycles. The van der Waals surface area contributed by atoms with Crippen molar-refractivity contribution in [1.82, 2.24) is 15.1 Å². The number of amides is 3. The van der Waals surface area contributed by atoms with Gasteiger partial charge in [-0.1, -0.05) is 30.3 Å². The van der Waals surface area contributed by atoms with Crippen molar-refractivity contribution in [2.24, 2.45) is 5.92 Å². The van der Waals surface area contributed by atoms with Gasteiger partial charge in [0, 0.05) is 43.5 Å². The molecule has 4 aliphatic rings. The van der Waals surface area contributed by atoms with Crippen LogP contribution in [0.4, 0.5) is 10.1 Å². The van der Waals surface area contributed by atoms with Gasteiger partial charge in [0.05, 0.1) is 11.5 Å². The van der Waals surface area contributed by atoms with Gasteiger partial charge in [-0.3, -0.25) is 19.3 Å². The monoisotopic (exact) mass is 476 g/mol. The molecule has 4 aliphatic heterocycles. The summed E-state index contributed by atoms with van der Waals surface area (Å²) in [5, 5.41) is 3.05.